The Bertz CT molecular complexity index is 351. The van der Waals surface area contributed by atoms with Crippen molar-refractivity contribution in [2.75, 3.05) is 6.54 Å². The Balaban J connectivity index is 2.74. The van der Waals surface area contributed by atoms with Gasteiger partial charge in [-0.15, -0.1) is 0 Å². The Kier molecular flexibility index (Phi) is 7.20. The van der Waals surface area contributed by atoms with E-state index in [9.17, 15) is 9.59 Å². The first kappa shape index (κ1) is 18.0. The lowest BCUT2D eigenvalue weighted by Gasteiger charge is -2.45. The summed E-state index contributed by atoms with van der Waals surface area (Å²) >= 11 is 0. The number of amides is 2. The van der Waals surface area contributed by atoms with Crippen LogP contribution in [0.3, 0.4) is 0 Å². The molecule has 1 heterocycles. The fourth-order valence-electron chi connectivity index (χ4n) is 3.21. The zero-order valence-electron chi connectivity index (χ0n) is 14.2. The summed E-state index contributed by atoms with van der Waals surface area (Å²) in [6.45, 7) is 8.85. The van der Waals surface area contributed by atoms with Crippen LogP contribution < -0.4 is 5.32 Å². The highest BCUT2D eigenvalue weighted by atomic mass is 16.2. The van der Waals surface area contributed by atoms with Crippen molar-refractivity contribution in [3.63, 3.8) is 0 Å². The molecule has 1 saturated heterocycles. The molecule has 1 aliphatic rings. The number of nitrogens with zero attached hydrogens (tertiary/aromatic N) is 1. The summed E-state index contributed by atoms with van der Waals surface area (Å²) < 4.78 is 0. The molecule has 1 atom stereocenters. The van der Waals surface area contributed by atoms with E-state index in [0.29, 0.717) is 19.3 Å². The lowest BCUT2D eigenvalue weighted by Crippen LogP contribution is -2.69. The summed E-state index contributed by atoms with van der Waals surface area (Å²) in [5.41, 5.74) is -0.674. The van der Waals surface area contributed by atoms with Gasteiger partial charge in [0.25, 0.3) is 0 Å². The van der Waals surface area contributed by atoms with E-state index in [4.69, 9.17) is 0 Å². The first-order valence-electron chi connectivity index (χ1n) is 8.69. The largest absolute Gasteiger partial charge is 0.340 e. The van der Waals surface area contributed by atoms with Gasteiger partial charge < -0.3 is 10.2 Å². The number of nitrogens with one attached hydrogen (secondary N) is 1. The molecule has 0 spiro atoms. The Morgan fingerprint density at radius 3 is 2.14 bits per heavy atom. The first-order valence-corrected chi connectivity index (χ1v) is 8.69. The van der Waals surface area contributed by atoms with Crippen LogP contribution in [0, 0.1) is 0 Å². The zero-order chi connectivity index (χ0) is 15.9. The minimum Gasteiger partial charge on any atom is -0.340 e. The Morgan fingerprint density at radius 2 is 1.62 bits per heavy atom. The third-order valence-electron chi connectivity index (χ3n) is 4.81. The number of carbonyl (C=O) groups excluding carboxylic acids is 2. The van der Waals surface area contributed by atoms with Crippen LogP contribution in [0.2, 0.25) is 0 Å². The van der Waals surface area contributed by atoms with Crippen LogP contribution in [-0.4, -0.2) is 34.8 Å². The summed E-state index contributed by atoms with van der Waals surface area (Å²) in [7, 11) is 0. The van der Waals surface area contributed by atoms with E-state index in [-0.39, 0.29) is 17.9 Å². The quantitative estimate of drug-likeness (QED) is 0.664. The van der Waals surface area contributed by atoms with Crippen molar-refractivity contribution in [3.8, 4) is 0 Å². The van der Waals surface area contributed by atoms with Gasteiger partial charge in [0.05, 0.1) is 0 Å². The van der Waals surface area contributed by atoms with Crippen molar-refractivity contribution >= 4 is 11.8 Å². The van der Waals surface area contributed by atoms with Crippen molar-refractivity contribution in [2.45, 2.75) is 90.6 Å². The second-order valence-corrected chi connectivity index (χ2v) is 6.12. The number of hydrogen-bond acceptors (Lipinski definition) is 2. The Hall–Kier alpha value is -1.06. The van der Waals surface area contributed by atoms with E-state index in [0.717, 1.165) is 19.4 Å². The Labute approximate surface area is 129 Å². The van der Waals surface area contributed by atoms with Crippen LogP contribution in [0.4, 0.5) is 0 Å². The van der Waals surface area contributed by atoms with Crippen LogP contribution in [-0.2, 0) is 9.59 Å². The maximum atomic E-state index is 12.9. The predicted octanol–water partition coefficient (Wildman–Crippen LogP) is 3.25. The highest BCUT2D eigenvalue weighted by Crippen LogP contribution is 2.26. The average molecular weight is 296 g/mol. The highest BCUT2D eigenvalue weighted by Gasteiger charge is 2.47. The van der Waals surface area contributed by atoms with Gasteiger partial charge in [-0.3, -0.25) is 9.59 Å². The molecule has 0 bridgehead atoms. The second-order valence-electron chi connectivity index (χ2n) is 6.12. The highest BCUT2D eigenvalue weighted by molar-refractivity contribution is 5.99. The molecule has 4 nitrogen and oxygen atoms in total. The minimum absolute atomic E-state index is 0.0226. The maximum absolute atomic E-state index is 12.9. The molecule has 1 aliphatic heterocycles. The van der Waals surface area contributed by atoms with Crippen molar-refractivity contribution < 1.29 is 9.59 Å². The molecular formula is C17H32N2O2. The third kappa shape index (κ3) is 3.98. The number of rotatable bonds is 9. The number of hydrogen-bond donors (Lipinski definition) is 1. The van der Waals surface area contributed by atoms with Gasteiger partial charge in [0.15, 0.2) is 0 Å². The lowest BCUT2D eigenvalue weighted by atomic mass is 9.86. The van der Waals surface area contributed by atoms with Crippen LogP contribution in [0.25, 0.3) is 0 Å². The molecule has 1 unspecified atom stereocenters. The predicted molar refractivity (Wildman–Crippen MR) is 86.0 cm³/mol. The minimum atomic E-state index is -0.674. The molecular weight excluding hydrogens is 264 g/mol. The average Bonchev–Trinajstić information content (AvgIpc) is 2.50. The summed E-state index contributed by atoms with van der Waals surface area (Å²) in [5.74, 6) is 0.142. The molecule has 0 aromatic carbocycles. The smallest absolute Gasteiger partial charge is 0.248 e. The molecule has 21 heavy (non-hydrogen) atoms. The summed E-state index contributed by atoms with van der Waals surface area (Å²) in [4.78, 5) is 27.0. The number of carbonyl (C=O) groups is 2. The van der Waals surface area contributed by atoms with Crippen molar-refractivity contribution in [3.05, 3.63) is 0 Å². The van der Waals surface area contributed by atoms with Crippen molar-refractivity contribution in [2.24, 2.45) is 0 Å². The van der Waals surface area contributed by atoms with Crippen LogP contribution in [0.5, 0.6) is 0 Å². The maximum Gasteiger partial charge on any atom is 0.248 e. The SMILES string of the molecule is CCCCCCCN1C(=O)C(CC)(CC)NC(=O)C1CC. The van der Waals surface area contributed by atoms with Crippen LogP contribution in [0.15, 0.2) is 0 Å². The molecule has 1 rings (SSSR count). The van der Waals surface area contributed by atoms with Gasteiger partial charge in [-0.2, -0.15) is 0 Å². The molecule has 4 heteroatoms. The molecule has 0 aromatic rings. The van der Waals surface area contributed by atoms with Crippen LogP contribution >= 0.6 is 0 Å². The fraction of sp³-hybridized carbons (Fsp3) is 0.882. The number of piperazine rings is 1. The summed E-state index contributed by atoms with van der Waals surface area (Å²) in [6, 6.07) is -0.282. The van der Waals surface area contributed by atoms with E-state index in [1.54, 1.807) is 0 Å². The molecule has 2 amide bonds. The standard InChI is InChI=1S/C17H32N2O2/c1-5-9-10-11-12-13-19-14(6-2)15(20)18-17(7-3,8-4)16(19)21/h14H,5-13H2,1-4H3,(H,18,20). The van der Waals surface area contributed by atoms with E-state index in [1.165, 1.54) is 19.3 Å². The van der Waals surface area contributed by atoms with Gasteiger partial charge in [-0.05, 0) is 25.7 Å². The summed E-state index contributed by atoms with van der Waals surface area (Å²) in [6.07, 6.45) is 7.84. The molecule has 1 fully saturated rings. The van der Waals surface area contributed by atoms with Crippen molar-refractivity contribution in [1.82, 2.24) is 10.2 Å². The summed E-state index contributed by atoms with van der Waals surface area (Å²) in [5, 5.41) is 2.99. The molecule has 0 aromatic heterocycles. The van der Waals surface area contributed by atoms with Gasteiger partial charge in [-0.1, -0.05) is 53.4 Å². The topological polar surface area (TPSA) is 49.4 Å². The monoisotopic (exact) mass is 296 g/mol. The van der Waals surface area contributed by atoms with Gasteiger partial charge in [0.2, 0.25) is 11.8 Å². The first-order chi connectivity index (χ1) is 10.1. The van der Waals surface area contributed by atoms with E-state index >= 15 is 0 Å². The molecule has 0 aliphatic carbocycles. The number of unbranched alkanes of at least 4 members (excludes halogenated alkanes) is 4. The molecule has 122 valence electrons. The van der Waals surface area contributed by atoms with E-state index in [2.05, 4.69) is 12.2 Å². The van der Waals surface area contributed by atoms with Crippen LogP contribution in [0.1, 0.15) is 79.1 Å². The lowest BCUT2D eigenvalue weighted by molar-refractivity contribution is -0.155. The van der Waals surface area contributed by atoms with Crippen molar-refractivity contribution in [1.29, 1.82) is 0 Å². The third-order valence-corrected chi connectivity index (χ3v) is 4.81. The Morgan fingerprint density at radius 1 is 1.00 bits per heavy atom. The van der Waals surface area contributed by atoms with Gasteiger partial charge in [0, 0.05) is 6.54 Å². The van der Waals surface area contributed by atoms with E-state index in [1.807, 2.05) is 25.7 Å². The van der Waals surface area contributed by atoms with Gasteiger partial charge >= 0.3 is 0 Å². The molecule has 0 radical (unpaired) electrons. The van der Waals surface area contributed by atoms with Gasteiger partial charge in [-0.25, -0.2) is 0 Å². The van der Waals surface area contributed by atoms with Gasteiger partial charge in [0.1, 0.15) is 11.6 Å². The zero-order valence-corrected chi connectivity index (χ0v) is 14.2. The second kappa shape index (κ2) is 8.40. The fourth-order valence-corrected chi connectivity index (χ4v) is 3.21. The van der Waals surface area contributed by atoms with E-state index < -0.39 is 5.54 Å². The molecule has 0 saturated carbocycles. The normalized spacial score (nSPS) is 21.5. The molecule has 1 N–H and O–H groups in total.